The van der Waals surface area contributed by atoms with Crippen molar-refractivity contribution in [3.63, 3.8) is 0 Å². The second-order valence-electron chi connectivity index (χ2n) is 5.27. The Bertz CT molecular complexity index is 191. The first-order valence-electron chi connectivity index (χ1n) is 6.22. The molecule has 16 heavy (non-hydrogen) atoms. The van der Waals surface area contributed by atoms with Gasteiger partial charge in [-0.3, -0.25) is 0 Å². The molecule has 0 aromatic carbocycles. The average Bonchev–Trinajstić information content (AvgIpc) is 2.28. The Balaban J connectivity index is 2.17. The number of nitrogens with two attached hydrogens (primary N) is 1. The lowest BCUT2D eigenvalue weighted by molar-refractivity contribution is 0.0371. The molecule has 4 nitrogen and oxygen atoms in total. The van der Waals surface area contributed by atoms with Gasteiger partial charge in [0.25, 0.3) is 0 Å². The first-order chi connectivity index (χ1) is 7.53. The van der Waals surface area contributed by atoms with Gasteiger partial charge in [0.15, 0.2) is 0 Å². The van der Waals surface area contributed by atoms with Crippen LogP contribution in [0.1, 0.15) is 26.2 Å². The van der Waals surface area contributed by atoms with E-state index in [0.29, 0.717) is 6.54 Å². The molecule has 1 heterocycles. The third kappa shape index (κ3) is 5.25. The molecule has 1 atom stereocenters. The van der Waals surface area contributed by atoms with Gasteiger partial charge in [-0.15, -0.1) is 0 Å². The van der Waals surface area contributed by atoms with Gasteiger partial charge in [-0.2, -0.15) is 0 Å². The van der Waals surface area contributed by atoms with Gasteiger partial charge in [-0.05, 0) is 39.2 Å². The fourth-order valence-electron chi connectivity index (χ4n) is 1.99. The van der Waals surface area contributed by atoms with Crippen LogP contribution in [0.2, 0.25) is 0 Å². The Morgan fingerprint density at radius 3 is 2.62 bits per heavy atom. The molecule has 0 radical (unpaired) electrons. The molecule has 0 amide bonds. The molecule has 0 bridgehead atoms. The van der Waals surface area contributed by atoms with Gasteiger partial charge in [0.1, 0.15) is 0 Å². The van der Waals surface area contributed by atoms with Crippen molar-refractivity contribution in [3.8, 4) is 0 Å². The summed E-state index contributed by atoms with van der Waals surface area (Å²) in [4.78, 5) is 2.29. The van der Waals surface area contributed by atoms with Crippen molar-refractivity contribution in [3.05, 3.63) is 0 Å². The largest absolute Gasteiger partial charge is 0.389 e. The molecular weight excluding hydrogens is 204 g/mol. The number of rotatable bonds is 6. The lowest BCUT2D eigenvalue weighted by atomic mass is 9.98. The zero-order chi connectivity index (χ0) is 12.0. The van der Waals surface area contributed by atoms with E-state index in [-0.39, 0.29) is 0 Å². The maximum atomic E-state index is 9.81. The minimum Gasteiger partial charge on any atom is -0.389 e. The second-order valence-corrected chi connectivity index (χ2v) is 5.27. The van der Waals surface area contributed by atoms with Crippen LogP contribution in [-0.2, 0) is 4.74 Å². The minimum absolute atomic E-state index is 0.331. The molecule has 0 aromatic rings. The number of ether oxygens (including phenoxy) is 1. The second kappa shape index (κ2) is 6.55. The van der Waals surface area contributed by atoms with Crippen molar-refractivity contribution in [2.45, 2.75) is 31.8 Å². The highest BCUT2D eigenvalue weighted by atomic mass is 16.5. The number of hydrogen-bond donors (Lipinski definition) is 2. The summed E-state index contributed by atoms with van der Waals surface area (Å²) in [7, 11) is 2.11. The lowest BCUT2D eigenvalue weighted by Gasteiger charge is -2.29. The van der Waals surface area contributed by atoms with Crippen molar-refractivity contribution in [1.82, 2.24) is 4.90 Å². The zero-order valence-corrected chi connectivity index (χ0v) is 10.6. The molecule has 0 aromatic heterocycles. The van der Waals surface area contributed by atoms with Gasteiger partial charge in [0.05, 0.1) is 5.60 Å². The fourth-order valence-corrected chi connectivity index (χ4v) is 1.99. The highest BCUT2D eigenvalue weighted by molar-refractivity contribution is 4.75. The van der Waals surface area contributed by atoms with Crippen LogP contribution >= 0.6 is 0 Å². The van der Waals surface area contributed by atoms with Gasteiger partial charge in [-0.25, -0.2) is 0 Å². The van der Waals surface area contributed by atoms with Crippen molar-refractivity contribution >= 4 is 0 Å². The van der Waals surface area contributed by atoms with E-state index in [2.05, 4.69) is 11.9 Å². The zero-order valence-electron chi connectivity index (χ0n) is 10.6. The number of aliphatic hydroxyl groups is 1. The normalized spacial score (nSPS) is 22.3. The van der Waals surface area contributed by atoms with Crippen molar-refractivity contribution in [2.24, 2.45) is 11.7 Å². The first kappa shape index (κ1) is 13.9. The molecule has 0 aliphatic carbocycles. The third-order valence-electron chi connectivity index (χ3n) is 3.38. The van der Waals surface area contributed by atoms with Crippen molar-refractivity contribution in [2.75, 3.05) is 39.9 Å². The highest BCUT2D eigenvalue weighted by Crippen LogP contribution is 2.16. The SMILES string of the molecule is CN(CCC(C)(O)CN)CC1CCOCC1. The smallest absolute Gasteiger partial charge is 0.0753 e. The Morgan fingerprint density at radius 1 is 1.44 bits per heavy atom. The summed E-state index contributed by atoms with van der Waals surface area (Å²) in [5.41, 5.74) is 4.77. The summed E-state index contributed by atoms with van der Waals surface area (Å²) in [5, 5.41) is 9.81. The topological polar surface area (TPSA) is 58.7 Å². The molecule has 1 saturated heterocycles. The molecule has 0 spiro atoms. The molecule has 96 valence electrons. The predicted molar refractivity (Wildman–Crippen MR) is 65.3 cm³/mol. The molecule has 1 fully saturated rings. The minimum atomic E-state index is -0.718. The molecule has 1 aliphatic rings. The summed E-state index contributed by atoms with van der Waals surface area (Å²) >= 11 is 0. The van der Waals surface area contributed by atoms with Crippen LogP contribution in [0.15, 0.2) is 0 Å². The van der Waals surface area contributed by atoms with E-state index in [4.69, 9.17) is 10.5 Å². The monoisotopic (exact) mass is 230 g/mol. The summed E-state index contributed by atoms with van der Waals surface area (Å²) < 4.78 is 5.34. The van der Waals surface area contributed by atoms with Crippen LogP contribution in [-0.4, -0.2) is 55.5 Å². The first-order valence-corrected chi connectivity index (χ1v) is 6.22. The average molecular weight is 230 g/mol. The number of hydrogen-bond acceptors (Lipinski definition) is 4. The molecular formula is C12H26N2O2. The Labute approximate surface area is 98.8 Å². The van der Waals surface area contributed by atoms with Crippen molar-refractivity contribution in [1.29, 1.82) is 0 Å². The molecule has 1 unspecified atom stereocenters. The van der Waals surface area contributed by atoms with E-state index in [9.17, 15) is 5.11 Å². The van der Waals surface area contributed by atoms with E-state index in [1.165, 1.54) is 0 Å². The molecule has 3 N–H and O–H groups in total. The van der Waals surface area contributed by atoms with E-state index >= 15 is 0 Å². The van der Waals surface area contributed by atoms with Gasteiger partial charge in [0, 0.05) is 32.8 Å². The van der Waals surface area contributed by atoms with Crippen LogP contribution in [0.5, 0.6) is 0 Å². The van der Waals surface area contributed by atoms with Crippen LogP contribution in [0.4, 0.5) is 0 Å². The van der Waals surface area contributed by atoms with Crippen LogP contribution in [0, 0.1) is 5.92 Å². The summed E-state index contributed by atoms with van der Waals surface area (Å²) in [6, 6.07) is 0. The summed E-state index contributed by atoms with van der Waals surface area (Å²) in [6.07, 6.45) is 3.07. The summed E-state index contributed by atoms with van der Waals surface area (Å²) in [6.45, 7) is 5.94. The van der Waals surface area contributed by atoms with Crippen molar-refractivity contribution < 1.29 is 9.84 Å². The van der Waals surface area contributed by atoms with E-state index < -0.39 is 5.60 Å². The van der Waals surface area contributed by atoms with Gasteiger partial charge in [0.2, 0.25) is 0 Å². The Kier molecular flexibility index (Phi) is 5.69. The fraction of sp³-hybridized carbons (Fsp3) is 1.00. The van der Waals surface area contributed by atoms with E-state index in [1.807, 2.05) is 0 Å². The molecule has 4 heteroatoms. The third-order valence-corrected chi connectivity index (χ3v) is 3.38. The molecule has 1 aliphatic heterocycles. The maximum absolute atomic E-state index is 9.81. The van der Waals surface area contributed by atoms with E-state index in [1.54, 1.807) is 6.92 Å². The maximum Gasteiger partial charge on any atom is 0.0753 e. The Morgan fingerprint density at radius 2 is 2.06 bits per heavy atom. The van der Waals surface area contributed by atoms with Crippen LogP contribution in [0.25, 0.3) is 0 Å². The highest BCUT2D eigenvalue weighted by Gasteiger charge is 2.20. The molecule has 0 saturated carbocycles. The van der Waals surface area contributed by atoms with E-state index in [0.717, 1.165) is 51.5 Å². The molecule has 1 rings (SSSR count). The standard InChI is InChI=1S/C12H26N2O2/c1-12(15,10-13)5-6-14(2)9-11-3-7-16-8-4-11/h11,15H,3-10,13H2,1-2H3. The lowest BCUT2D eigenvalue weighted by Crippen LogP contribution is -2.39. The van der Waals surface area contributed by atoms with Crippen LogP contribution < -0.4 is 5.73 Å². The quantitative estimate of drug-likeness (QED) is 0.695. The van der Waals surface area contributed by atoms with Gasteiger partial charge < -0.3 is 20.5 Å². The van der Waals surface area contributed by atoms with Crippen LogP contribution in [0.3, 0.4) is 0 Å². The van der Waals surface area contributed by atoms with Gasteiger partial charge in [-0.1, -0.05) is 0 Å². The number of nitrogens with zero attached hydrogens (tertiary/aromatic N) is 1. The Hall–Kier alpha value is -0.160. The van der Waals surface area contributed by atoms with Gasteiger partial charge >= 0.3 is 0 Å². The summed E-state index contributed by atoms with van der Waals surface area (Å²) in [5.74, 6) is 0.751. The predicted octanol–water partition coefficient (Wildman–Crippen LogP) is 0.445.